The van der Waals surface area contributed by atoms with Crippen molar-refractivity contribution < 1.29 is 4.74 Å². The van der Waals surface area contributed by atoms with E-state index in [-0.39, 0.29) is 5.60 Å². The van der Waals surface area contributed by atoms with Crippen molar-refractivity contribution in [2.45, 2.75) is 44.4 Å². The predicted molar refractivity (Wildman–Crippen MR) is 90.0 cm³/mol. The van der Waals surface area contributed by atoms with Gasteiger partial charge in [0.15, 0.2) is 0 Å². The largest absolute Gasteiger partial charge is 0.367 e. The van der Waals surface area contributed by atoms with Crippen LogP contribution in [0.4, 0.5) is 0 Å². The van der Waals surface area contributed by atoms with Crippen LogP contribution in [0.3, 0.4) is 0 Å². The Hall–Kier alpha value is -1.12. The highest BCUT2D eigenvalue weighted by Gasteiger charge is 2.33. The smallest absolute Gasteiger partial charge is 0.103 e. The molecule has 108 valence electrons. The van der Waals surface area contributed by atoms with Crippen LogP contribution in [0.25, 0.3) is 0 Å². The van der Waals surface area contributed by atoms with Gasteiger partial charge in [0, 0.05) is 0 Å². The van der Waals surface area contributed by atoms with Gasteiger partial charge in [0.05, 0.1) is 12.2 Å². The highest BCUT2D eigenvalue weighted by atomic mass is 28.3. The van der Waals surface area contributed by atoms with Crippen molar-refractivity contribution in [3.63, 3.8) is 0 Å². The maximum absolute atomic E-state index is 6.09. The van der Waals surface area contributed by atoms with Crippen molar-refractivity contribution in [2.24, 2.45) is 0 Å². The Morgan fingerprint density at radius 3 is 2.45 bits per heavy atom. The number of hydrogen-bond donors (Lipinski definition) is 0. The molecule has 0 atom stereocenters. The van der Waals surface area contributed by atoms with Crippen LogP contribution in [0.5, 0.6) is 0 Å². The fourth-order valence-electron chi connectivity index (χ4n) is 2.88. The first-order valence-corrected chi connectivity index (χ1v) is 10.7. The lowest BCUT2D eigenvalue weighted by Gasteiger charge is -2.27. The fourth-order valence-corrected chi connectivity index (χ4v) is 4.85. The minimum absolute atomic E-state index is 0.0345. The van der Waals surface area contributed by atoms with Crippen LogP contribution in [0.1, 0.15) is 25.7 Å². The molecule has 0 heterocycles. The first-order valence-electron chi connectivity index (χ1n) is 7.59. The van der Waals surface area contributed by atoms with Gasteiger partial charge in [0.2, 0.25) is 0 Å². The topological polar surface area (TPSA) is 9.23 Å². The van der Waals surface area contributed by atoms with Gasteiger partial charge in [0.25, 0.3) is 0 Å². The second kappa shape index (κ2) is 6.55. The Morgan fingerprint density at radius 1 is 1.20 bits per heavy atom. The summed E-state index contributed by atoms with van der Waals surface area (Å²) >= 11 is 0. The molecule has 1 fully saturated rings. The van der Waals surface area contributed by atoms with E-state index in [2.05, 4.69) is 61.8 Å². The molecule has 1 nitrogen and oxygen atoms in total. The Morgan fingerprint density at radius 2 is 1.85 bits per heavy atom. The third-order valence-electron chi connectivity index (χ3n) is 4.26. The molecule has 1 aliphatic rings. The van der Waals surface area contributed by atoms with Gasteiger partial charge in [-0.25, -0.2) is 0 Å². The number of rotatable bonds is 6. The van der Waals surface area contributed by atoms with E-state index in [1.54, 1.807) is 0 Å². The van der Waals surface area contributed by atoms with Crippen molar-refractivity contribution in [3.8, 4) is 0 Å². The summed E-state index contributed by atoms with van der Waals surface area (Å²) in [6.07, 6.45) is 9.06. The van der Waals surface area contributed by atoms with Gasteiger partial charge in [0.1, 0.15) is 8.07 Å². The van der Waals surface area contributed by atoms with Gasteiger partial charge in [-0.2, -0.15) is 0 Å². The molecular formula is C18H26OSi. The molecule has 0 spiro atoms. The molecule has 1 saturated carbocycles. The van der Waals surface area contributed by atoms with Crippen LogP contribution in [-0.2, 0) is 4.74 Å². The number of ether oxygens (including phenoxy) is 1. The molecular weight excluding hydrogens is 260 g/mol. The molecule has 1 aromatic rings. The van der Waals surface area contributed by atoms with Gasteiger partial charge in [-0.15, -0.1) is 6.58 Å². The Labute approximate surface area is 124 Å². The molecule has 0 unspecified atom stereocenters. The van der Waals surface area contributed by atoms with Crippen LogP contribution in [0, 0.1) is 0 Å². The summed E-state index contributed by atoms with van der Waals surface area (Å²) in [6.45, 7) is 9.21. The van der Waals surface area contributed by atoms with E-state index >= 15 is 0 Å². The zero-order chi connectivity index (χ0) is 14.5. The van der Waals surface area contributed by atoms with Crippen molar-refractivity contribution in [2.75, 3.05) is 6.61 Å². The van der Waals surface area contributed by atoms with Gasteiger partial charge < -0.3 is 4.74 Å². The highest BCUT2D eigenvalue weighted by molar-refractivity contribution is 6.93. The first kappa shape index (κ1) is 15.3. The molecule has 0 aromatic heterocycles. The molecule has 0 N–H and O–H groups in total. The van der Waals surface area contributed by atoms with E-state index in [1.807, 2.05) is 6.08 Å². The van der Waals surface area contributed by atoms with E-state index in [9.17, 15) is 0 Å². The average molecular weight is 286 g/mol. The highest BCUT2D eigenvalue weighted by Crippen LogP contribution is 2.35. The fraction of sp³-hybridized carbons (Fsp3) is 0.444. The van der Waals surface area contributed by atoms with Crippen LogP contribution >= 0.6 is 0 Å². The third kappa shape index (κ3) is 3.71. The standard InChI is InChI=1S/C18H26OSi/c1-4-15-19-18(12-8-9-13-18)14-16-20(2,3)17-10-6-5-7-11-17/h4-7,10-11,14,16H,1,8-9,12-13,15H2,2-3H3/b16-14+. The maximum Gasteiger partial charge on any atom is 0.103 e. The van der Waals surface area contributed by atoms with Crippen molar-refractivity contribution >= 4 is 13.3 Å². The summed E-state index contributed by atoms with van der Waals surface area (Å²) in [5.41, 5.74) is 2.42. The lowest BCUT2D eigenvalue weighted by atomic mass is 10.0. The van der Waals surface area contributed by atoms with Crippen LogP contribution < -0.4 is 5.19 Å². The zero-order valence-electron chi connectivity index (χ0n) is 12.8. The Balaban J connectivity index is 2.15. The van der Waals surface area contributed by atoms with Crippen molar-refractivity contribution in [1.29, 1.82) is 0 Å². The predicted octanol–water partition coefficient (Wildman–Crippen LogP) is 4.21. The van der Waals surface area contributed by atoms with Gasteiger partial charge in [-0.05, 0) is 12.8 Å². The Bertz CT molecular complexity index is 456. The lowest BCUT2D eigenvalue weighted by Crippen LogP contribution is -2.40. The first-order chi connectivity index (χ1) is 9.58. The summed E-state index contributed by atoms with van der Waals surface area (Å²) in [5.74, 6) is 0. The summed E-state index contributed by atoms with van der Waals surface area (Å²) in [7, 11) is -1.52. The molecule has 0 bridgehead atoms. The van der Waals surface area contributed by atoms with Crippen molar-refractivity contribution in [1.82, 2.24) is 0 Å². The number of benzene rings is 1. The van der Waals surface area contributed by atoms with Crippen LogP contribution in [0.15, 0.2) is 54.8 Å². The SMILES string of the molecule is C=CCOC1(/C=C/[Si](C)(C)c2ccccc2)CCCC1. The van der Waals surface area contributed by atoms with Crippen LogP contribution in [-0.4, -0.2) is 20.3 Å². The molecule has 0 radical (unpaired) electrons. The second-order valence-electron chi connectivity index (χ2n) is 6.29. The molecule has 2 rings (SSSR count). The average Bonchev–Trinajstić information content (AvgIpc) is 2.94. The molecule has 1 aromatic carbocycles. The summed E-state index contributed by atoms with van der Waals surface area (Å²) in [5, 5.41) is 1.48. The van der Waals surface area contributed by atoms with E-state index in [4.69, 9.17) is 4.74 Å². The molecule has 0 aliphatic heterocycles. The van der Waals surface area contributed by atoms with E-state index in [1.165, 1.54) is 18.0 Å². The number of hydrogen-bond acceptors (Lipinski definition) is 1. The minimum Gasteiger partial charge on any atom is -0.367 e. The Kier molecular flexibility index (Phi) is 5.00. The van der Waals surface area contributed by atoms with E-state index < -0.39 is 8.07 Å². The monoisotopic (exact) mass is 286 g/mol. The maximum atomic E-state index is 6.09. The lowest BCUT2D eigenvalue weighted by molar-refractivity contribution is 0.0146. The van der Waals surface area contributed by atoms with Gasteiger partial charge in [-0.3, -0.25) is 0 Å². The molecule has 0 saturated heterocycles. The third-order valence-corrected chi connectivity index (χ3v) is 7.08. The summed E-state index contributed by atoms with van der Waals surface area (Å²) in [4.78, 5) is 0. The summed E-state index contributed by atoms with van der Waals surface area (Å²) in [6, 6.07) is 10.9. The quantitative estimate of drug-likeness (QED) is 0.562. The van der Waals surface area contributed by atoms with Gasteiger partial charge >= 0.3 is 0 Å². The minimum atomic E-state index is -1.52. The van der Waals surface area contributed by atoms with Gasteiger partial charge in [-0.1, -0.05) is 79.3 Å². The second-order valence-corrected chi connectivity index (χ2v) is 10.6. The van der Waals surface area contributed by atoms with E-state index in [0.29, 0.717) is 6.61 Å². The molecule has 20 heavy (non-hydrogen) atoms. The molecule has 2 heteroatoms. The van der Waals surface area contributed by atoms with Crippen LogP contribution in [0.2, 0.25) is 13.1 Å². The zero-order valence-corrected chi connectivity index (χ0v) is 13.8. The molecule has 0 amide bonds. The van der Waals surface area contributed by atoms with Crippen molar-refractivity contribution in [3.05, 3.63) is 54.8 Å². The van der Waals surface area contributed by atoms with E-state index in [0.717, 1.165) is 12.8 Å². The normalized spacial score (nSPS) is 18.5. The molecule has 1 aliphatic carbocycles. The summed E-state index contributed by atoms with van der Waals surface area (Å²) < 4.78 is 6.09.